The molecule has 0 radical (unpaired) electrons. The predicted octanol–water partition coefficient (Wildman–Crippen LogP) is 3.21. The van der Waals surface area contributed by atoms with Gasteiger partial charge in [-0.05, 0) is 38.1 Å². The number of benzene rings is 1. The zero-order valence-corrected chi connectivity index (χ0v) is 20.3. The third-order valence-corrected chi connectivity index (χ3v) is 5.81. The number of carbonyl (C=O) groups is 1. The number of aromatic nitrogens is 6. The fourth-order valence-corrected chi connectivity index (χ4v) is 4.39. The summed E-state index contributed by atoms with van der Waals surface area (Å²) in [6, 6.07) is 9.57. The summed E-state index contributed by atoms with van der Waals surface area (Å²) in [5.74, 6) is 1.79. The molecule has 1 N–H and O–H groups in total. The number of nitrogens with one attached hydrogen (secondary N) is 1. The van der Waals surface area contributed by atoms with E-state index in [9.17, 15) is 4.79 Å². The lowest BCUT2D eigenvalue weighted by molar-refractivity contribution is 0.0817. The number of nitrogens with zero attached hydrogens (tertiary/aromatic N) is 7. The van der Waals surface area contributed by atoms with Crippen LogP contribution in [0, 0.1) is 13.8 Å². The Labute approximate surface area is 203 Å². The molecule has 5 rings (SSSR count). The molecule has 0 bridgehead atoms. The third-order valence-electron chi connectivity index (χ3n) is 5.81. The summed E-state index contributed by atoms with van der Waals surface area (Å²) in [5.41, 5.74) is 6.03. The van der Waals surface area contributed by atoms with Crippen molar-refractivity contribution in [2.24, 2.45) is 7.05 Å². The lowest BCUT2D eigenvalue weighted by Gasteiger charge is -2.16. The van der Waals surface area contributed by atoms with Gasteiger partial charge in [-0.15, -0.1) is 0 Å². The number of aryl methyl sites for hydroxylation is 3. The Kier molecular flexibility index (Phi) is 5.64. The standard InChI is InChI=1S/C25H26N8O2/c1-14-9-16(28-15(2)27-14)10-17-11-20(22-21(29-17)12-32(3)25(22)34)30-19-8-6-7-18(23(19)35-5)24-26-13-33(4)31-24/h6-9,11,13H,10,12H2,1-5H3,(H,29,30). The summed E-state index contributed by atoms with van der Waals surface area (Å²) < 4.78 is 7.39. The first-order valence-corrected chi connectivity index (χ1v) is 11.2. The van der Waals surface area contributed by atoms with E-state index in [1.54, 1.807) is 30.1 Å². The molecular weight excluding hydrogens is 444 g/mol. The largest absolute Gasteiger partial charge is 0.494 e. The number of hydrogen-bond donors (Lipinski definition) is 1. The van der Waals surface area contributed by atoms with Crippen LogP contribution in [0.2, 0.25) is 0 Å². The van der Waals surface area contributed by atoms with Gasteiger partial charge in [0.15, 0.2) is 11.6 Å². The maximum Gasteiger partial charge on any atom is 0.257 e. The molecule has 0 aliphatic carbocycles. The van der Waals surface area contributed by atoms with Crippen molar-refractivity contribution < 1.29 is 9.53 Å². The summed E-state index contributed by atoms with van der Waals surface area (Å²) in [4.78, 5) is 32.7. The number of carbonyl (C=O) groups excluding carboxylic acids is 1. The van der Waals surface area contributed by atoms with Gasteiger partial charge >= 0.3 is 0 Å². The van der Waals surface area contributed by atoms with E-state index >= 15 is 0 Å². The van der Waals surface area contributed by atoms with Gasteiger partial charge in [-0.3, -0.25) is 14.5 Å². The first kappa shape index (κ1) is 22.5. The van der Waals surface area contributed by atoms with Gasteiger partial charge in [0.25, 0.3) is 5.91 Å². The highest BCUT2D eigenvalue weighted by Crippen LogP contribution is 2.38. The Balaban J connectivity index is 1.57. The van der Waals surface area contributed by atoms with E-state index in [1.807, 2.05) is 51.2 Å². The fraction of sp³-hybridized carbons (Fsp3) is 0.280. The normalized spacial score (nSPS) is 12.7. The highest BCUT2D eigenvalue weighted by molar-refractivity contribution is 6.03. The molecule has 178 valence electrons. The van der Waals surface area contributed by atoms with Gasteiger partial charge in [0.1, 0.15) is 12.2 Å². The molecule has 35 heavy (non-hydrogen) atoms. The zero-order chi connectivity index (χ0) is 24.7. The Morgan fingerprint density at radius 1 is 1.06 bits per heavy atom. The van der Waals surface area contributed by atoms with E-state index in [-0.39, 0.29) is 5.91 Å². The van der Waals surface area contributed by atoms with Crippen LogP contribution in [0.1, 0.15) is 39.0 Å². The fourth-order valence-electron chi connectivity index (χ4n) is 4.39. The van der Waals surface area contributed by atoms with Gasteiger partial charge in [-0.25, -0.2) is 15.0 Å². The van der Waals surface area contributed by atoms with E-state index in [1.165, 1.54) is 0 Å². The number of ether oxygens (including phenoxy) is 1. The first-order chi connectivity index (χ1) is 16.8. The second-order valence-electron chi connectivity index (χ2n) is 8.62. The molecule has 4 heterocycles. The number of para-hydroxylation sites is 1. The van der Waals surface area contributed by atoms with Gasteiger partial charge in [-0.1, -0.05) is 6.07 Å². The van der Waals surface area contributed by atoms with Crippen molar-refractivity contribution in [1.82, 2.24) is 34.6 Å². The molecule has 0 atom stereocenters. The van der Waals surface area contributed by atoms with E-state index in [0.29, 0.717) is 41.5 Å². The van der Waals surface area contributed by atoms with Crippen LogP contribution in [0.3, 0.4) is 0 Å². The van der Waals surface area contributed by atoms with E-state index in [4.69, 9.17) is 9.72 Å². The molecule has 0 unspecified atom stereocenters. The minimum atomic E-state index is -0.0724. The second kappa shape index (κ2) is 8.79. The van der Waals surface area contributed by atoms with Gasteiger partial charge in [0.2, 0.25) is 0 Å². The van der Waals surface area contributed by atoms with Crippen molar-refractivity contribution in [1.29, 1.82) is 0 Å². The lowest BCUT2D eigenvalue weighted by Crippen LogP contribution is -2.18. The average molecular weight is 471 g/mol. The van der Waals surface area contributed by atoms with Crippen molar-refractivity contribution in [2.45, 2.75) is 26.8 Å². The van der Waals surface area contributed by atoms with Crippen LogP contribution >= 0.6 is 0 Å². The molecule has 1 aliphatic heterocycles. The summed E-state index contributed by atoms with van der Waals surface area (Å²) in [6.45, 7) is 4.28. The van der Waals surface area contributed by atoms with Gasteiger partial charge in [0, 0.05) is 31.9 Å². The quantitative estimate of drug-likeness (QED) is 0.457. The first-order valence-electron chi connectivity index (χ1n) is 11.2. The SMILES string of the molecule is COc1c(Nc2cc(Cc3cc(C)nc(C)n3)nc3c2C(=O)N(C)C3)cccc1-c1ncn(C)n1. The average Bonchev–Trinajstić information content (AvgIpc) is 3.35. The van der Waals surface area contributed by atoms with Crippen LogP contribution in [-0.4, -0.2) is 54.7 Å². The van der Waals surface area contributed by atoms with Gasteiger partial charge in [-0.2, -0.15) is 5.10 Å². The molecule has 0 spiro atoms. The van der Waals surface area contributed by atoms with Crippen LogP contribution < -0.4 is 10.1 Å². The maximum atomic E-state index is 13.0. The lowest BCUT2D eigenvalue weighted by atomic mass is 10.1. The number of pyridine rings is 1. The Hall–Kier alpha value is -4.34. The molecule has 1 aromatic carbocycles. The summed E-state index contributed by atoms with van der Waals surface area (Å²) in [5, 5.41) is 7.84. The monoisotopic (exact) mass is 470 g/mol. The van der Waals surface area contributed by atoms with Crippen molar-refractivity contribution in [3.05, 3.63) is 70.8 Å². The van der Waals surface area contributed by atoms with E-state index in [2.05, 4.69) is 25.4 Å². The van der Waals surface area contributed by atoms with Crippen LogP contribution in [0.15, 0.2) is 36.7 Å². The highest BCUT2D eigenvalue weighted by Gasteiger charge is 2.30. The van der Waals surface area contributed by atoms with Crippen molar-refractivity contribution in [3.63, 3.8) is 0 Å². The third kappa shape index (κ3) is 4.30. The minimum Gasteiger partial charge on any atom is -0.494 e. The number of amides is 1. The van der Waals surface area contributed by atoms with Crippen LogP contribution in [0.4, 0.5) is 11.4 Å². The summed E-state index contributed by atoms with van der Waals surface area (Å²) in [7, 11) is 5.20. The Morgan fingerprint density at radius 3 is 2.57 bits per heavy atom. The Bertz CT molecular complexity index is 1430. The molecule has 1 amide bonds. The molecule has 1 aliphatic rings. The van der Waals surface area contributed by atoms with Crippen LogP contribution in [-0.2, 0) is 20.0 Å². The number of rotatable bonds is 6. The minimum absolute atomic E-state index is 0.0724. The van der Waals surface area contributed by atoms with Crippen molar-refractivity contribution >= 4 is 17.3 Å². The molecule has 10 heteroatoms. The van der Waals surface area contributed by atoms with E-state index < -0.39 is 0 Å². The predicted molar refractivity (Wildman–Crippen MR) is 131 cm³/mol. The van der Waals surface area contributed by atoms with Crippen molar-refractivity contribution in [2.75, 3.05) is 19.5 Å². The topological polar surface area (TPSA) is 111 Å². The molecule has 3 aromatic heterocycles. The second-order valence-corrected chi connectivity index (χ2v) is 8.62. The summed E-state index contributed by atoms with van der Waals surface area (Å²) >= 11 is 0. The van der Waals surface area contributed by atoms with E-state index in [0.717, 1.165) is 34.2 Å². The van der Waals surface area contributed by atoms with Crippen molar-refractivity contribution in [3.8, 4) is 17.1 Å². The molecule has 10 nitrogen and oxygen atoms in total. The van der Waals surface area contributed by atoms with Crippen LogP contribution in [0.25, 0.3) is 11.4 Å². The molecule has 4 aromatic rings. The Morgan fingerprint density at radius 2 is 1.86 bits per heavy atom. The molecule has 0 saturated heterocycles. The molecule has 0 fully saturated rings. The zero-order valence-electron chi connectivity index (χ0n) is 20.3. The smallest absolute Gasteiger partial charge is 0.257 e. The van der Waals surface area contributed by atoms with Gasteiger partial charge < -0.3 is 15.0 Å². The number of anilines is 2. The van der Waals surface area contributed by atoms with Gasteiger partial charge in [0.05, 0.1) is 47.5 Å². The molecular formula is C25H26N8O2. The highest BCUT2D eigenvalue weighted by atomic mass is 16.5. The van der Waals surface area contributed by atoms with Crippen LogP contribution in [0.5, 0.6) is 5.75 Å². The molecule has 0 saturated carbocycles. The number of fused-ring (bicyclic) bond motifs is 1. The number of methoxy groups -OCH3 is 1. The number of hydrogen-bond acceptors (Lipinski definition) is 8. The summed E-state index contributed by atoms with van der Waals surface area (Å²) in [6.07, 6.45) is 2.17. The maximum absolute atomic E-state index is 13.0.